The zero-order valence-corrected chi connectivity index (χ0v) is 16.3. The lowest BCUT2D eigenvalue weighted by molar-refractivity contribution is -0.0498. The Morgan fingerprint density at radius 3 is 2.18 bits per heavy atom. The van der Waals surface area contributed by atoms with Gasteiger partial charge in [0.2, 0.25) is 0 Å². The van der Waals surface area contributed by atoms with Crippen LogP contribution in [0.1, 0.15) is 18.1 Å². The summed E-state index contributed by atoms with van der Waals surface area (Å²) in [5.74, 6) is 0.190. The number of hydrogen-bond donors (Lipinski definition) is 0. The summed E-state index contributed by atoms with van der Waals surface area (Å²) in [7, 11) is 0. The zero-order chi connectivity index (χ0) is 19.8. The Balaban J connectivity index is 1.67. The lowest BCUT2D eigenvalue weighted by atomic mass is 10.1. The molecule has 1 heterocycles. The minimum atomic E-state index is -2.80. The highest BCUT2D eigenvalue weighted by Gasteiger charge is 2.20. The molecule has 0 aliphatic carbocycles. The van der Waals surface area contributed by atoms with Gasteiger partial charge in [-0.15, -0.1) is 0 Å². The van der Waals surface area contributed by atoms with Gasteiger partial charge in [0.1, 0.15) is 5.75 Å². The molecule has 152 valence electrons. The van der Waals surface area contributed by atoms with Crippen molar-refractivity contribution in [2.75, 3.05) is 32.8 Å². The third-order valence-electron chi connectivity index (χ3n) is 5.01. The first-order chi connectivity index (χ1) is 13.6. The number of morpholine rings is 1. The van der Waals surface area contributed by atoms with E-state index in [-0.39, 0.29) is 5.75 Å². The Hall–Kier alpha value is -2.02. The third kappa shape index (κ3) is 6.55. The smallest absolute Gasteiger partial charge is 0.387 e. The molecule has 1 unspecified atom stereocenters. The van der Waals surface area contributed by atoms with Gasteiger partial charge in [0, 0.05) is 38.8 Å². The van der Waals surface area contributed by atoms with Crippen molar-refractivity contribution in [2.45, 2.75) is 32.7 Å². The van der Waals surface area contributed by atoms with Gasteiger partial charge < -0.3 is 9.47 Å². The van der Waals surface area contributed by atoms with Crippen molar-refractivity contribution in [3.05, 3.63) is 65.7 Å². The number of halogens is 2. The van der Waals surface area contributed by atoms with Crippen LogP contribution in [0.5, 0.6) is 5.75 Å². The Morgan fingerprint density at radius 1 is 0.964 bits per heavy atom. The average molecular weight is 390 g/mol. The summed E-state index contributed by atoms with van der Waals surface area (Å²) >= 11 is 0. The molecule has 1 saturated heterocycles. The van der Waals surface area contributed by atoms with E-state index in [1.54, 1.807) is 12.1 Å². The summed E-state index contributed by atoms with van der Waals surface area (Å²) in [5, 5.41) is 0. The topological polar surface area (TPSA) is 24.9 Å². The van der Waals surface area contributed by atoms with Crippen LogP contribution < -0.4 is 4.74 Å². The van der Waals surface area contributed by atoms with Gasteiger partial charge >= 0.3 is 6.61 Å². The van der Waals surface area contributed by atoms with Crippen LogP contribution in [0.4, 0.5) is 8.78 Å². The number of ether oxygens (including phenoxy) is 2. The molecule has 0 amide bonds. The second-order valence-corrected chi connectivity index (χ2v) is 7.18. The minimum Gasteiger partial charge on any atom is -0.435 e. The van der Waals surface area contributed by atoms with Gasteiger partial charge in [-0.1, -0.05) is 42.5 Å². The molecule has 0 N–H and O–H groups in total. The second kappa shape index (κ2) is 10.5. The molecule has 0 saturated carbocycles. The predicted molar refractivity (Wildman–Crippen MR) is 105 cm³/mol. The molecule has 0 radical (unpaired) electrons. The van der Waals surface area contributed by atoms with Crippen LogP contribution in [0, 0.1) is 0 Å². The normalized spacial score (nSPS) is 16.5. The lowest BCUT2D eigenvalue weighted by Gasteiger charge is -2.35. The summed E-state index contributed by atoms with van der Waals surface area (Å²) in [5.41, 5.74) is 2.33. The highest BCUT2D eigenvalue weighted by atomic mass is 19.3. The van der Waals surface area contributed by atoms with E-state index in [2.05, 4.69) is 45.7 Å². The van der Waals surface area contributed by atoms with Gasteiger partial charge in [-0.05, 0) is 30.2 Å². The SMILES string of the molecule is CC(CN1CCOCC1)N(Cc1ccccc1)Cc1ccc(OC(F)F)cc1. The summed E-state index contributed by atoms with van der Waals surface area (Å²) < 4.78 is 34.6. The van der Waals surface area contributed by atoms with E-state index in [0.717, 1.165) is 51.5 Å². The Labute approximate surface area is 165 Å². The minimum absolute atomic E-state index is 0.190. The van der Waals surface area contributed by atoms with Crippen LogP contribution in [-0.4, -0.2) is 55.3 Å². The first-order valence-electron chi connectivity index (χ1n) is 9.72. The molecule has 1 fully saturated rings. The molecule has 6 heteroatoms. The highest BCUT2D eigenvalue weighted by molar-refractivity contribution is 5.27. The maximum absolute atomic E-state index is 12.4. The summed E-state index contributed by atoms with van der Waals surface area (Å²) in [6.07, 6.45) is 0. The molecule has 0 aromatic heterocycles. The molecule has 2 aromatic carbocycles. The van der Waals surface area contributed by atoms with Crippen molar-refractivity contribution in [2.24, 2.45) is 0 Å². The van der Waals surface area contributed by atoms with Gasteiger partial charge in [-0.25, -0.2) is 0 Å². The summed E-state index contributed by atoms with van der Waals surface area (Å²) in [6, 6.07) is 17.7. The first-order valence-corrected chi connectivity index (χ1v) is 9.72. The van der Waals surface area contributed by atoms with Crippen LogP contribution in [0.25, 0.3) is 0 Å². The van der Waals surface area contributed by atoms with Crippen molar-refractivity contribution in [1.29, 1.82) is 0 Å². The Bertz CT molecular complexity index is 691. The molecule has 2 aromatic rings. The number of alkyl halides is 2. The Kier molecular flexibility index (Phi) is 7.77. The standard InChI is InChI=1S/C22H28F2N2O2/c1-18(15-25-11-13-27-14-12-25)26(16-19-5-3-2-4-6-19)17-20-7-9-21(10-8-20)28-22(23)24/h2-10,18,22H,11-17H2,1H3. The van der Waals surface area contributed by atoms with Crippen LogP contribution >= 0.6 is 0 Å². The second-order valence-electron chi connectivity index (χ2n) is 7.18. The number of nitrogens with zero attached hydrogens (tertiary/aromatic N) is 2. The number of hydrogen-bond acceptors (Lipinski definition) is 4. The molecule has 0 bridgehead atoms. The van der Waals surface area contributed by atoms with Gasteiger partial charge in [-0.3, -0.25) is 9.80 Å². The third-order valence-corrected chi connectivity index (χ3v) is 5.01. The van der Waals surface area contributed by atoms with E-state index in [1.165, 1.54) is 5.56 Å². The van der Waals surface area contributed by atoms with Crippen molar-refractivity contribution in [1.82, 2.24) is 9.80 Å². The maximum atomic E-state index is 12.4. The van der Waals surface area contributed by atoms with E-state index in [1.807, 2.05) is 18.2 Å². The lowest BCUT2D eigenvalue weighted by Crippen LogP contribution is -2.45. The monoisotopic (exact) mass is 390 g/mol. The summed E-state index contributed by atoms with van der Waals surface area (Å²) in [6.45, 7) is 5.50. The molecule has 1 atom stereocenters. The zero-order valence-electron chi connectivity index (χ0n) is 16.3. The molecule has 1 aliphatic rings. The fourth-order valence-electron chi connectivity index (χ4n) is 3.47. The molecule has 28 heavy (non-hydrogen) atoms. The molecular weight excluding hydrogens is 362 g/mol. The van der Waals surface area contributed by atoms with Crippen LogP contribution in [0.3, 0.4) is 0 Å². The van der Waals surface area contributed by atoms with Gasteiger partial charge in [0.25, 0.3) is 0 Å². The molecular formula is C22H28F2N2O2. The van der Waals surface area contributed by atoms with E-state index in [4.69, 9.17) is 4.74 Å². The summed E-state index contributed by atoms with van der Waals surface area (Å²) in [4.78, 5) is 4.86. The fourth-order valence-corrected chi connectivity index (χ4v) is 3.47. The maximum Gasteiger partial charge on any atom is 0.387 e. The Morgan fingerprint density at radius 2 is 1.57 bits per heavy atom. The van der Waals surface area contributed by atoms with Crippen molar-refractivity contribution < 1.29 is 18.3 Å². The average Bonchev–Trinajstić information content (AvgIpc) is 2.70. The van der Waals surface area contributed by atoms with Gasteiger partial charge in [0.15, 0.2) is 0 Å². The quantitative estimate of drug-likeness (QED) is 0.646. The molecule has 1 aliphatic heterocycles. The van der Waals surface area contributed by atoms with E-state index in [0.29, 0.717) is 6.04 Å². The van der Waals surface area contributed by atoms with E-state index in [9.17, 15) is 8.78 Å². The van der Waals surface area contributed by atoms with E-state index < -0.39 is 6.61 Å². The van der Waals surface area contributed by atoms with Crippen LogP contribution in [-0.2, 0) is 17.8 Å². The van der Waals surface area contributed by atoms with Crippen LogP contribution in [0.2, 0.25) is 0 Å². The van der Waals surface area contributed by atoms with Gasteiger partial charge in [-0.2, -0.15) is 8.78 Å². The van der Waals surface area contributed by atoms with Crippen LogP contribution in [0.15, 0.2) is 54.6 Å². The molecule has 0 spiro atoms. The van der Waals surface area contributed by atoms with Gasteiger partial charge in [0.05, 0.1) is 13.2 Å². The largest absolute Gasteiger partial charge is 0.435 e. The predicted octanol–water partition coefficient (Wildman–Crippen LogP) is 4.01. The van der Waals surface area contributed by atoms with Crippen molar-refractivity contribution in [3.8, 4) is 5.75 Å². The highest BCUT2D eigenvalue weighted by Crippen LogP contribution is 2.19. The number of benzene rings is 2. The van der Waals surface area contributed by atoms with Crippen molar-refractivity contribution >= 4 is 0 Å². The first kappa shape index (κ1) is 20.7. The number of rotatable bonds is 9. The molecule has 3 rings (SSSR count). The molecule has 4 nitrogen and oxygen atoms in total. The van der Waals surface area contributed by atoms with Crippen molar-refractivity contribution in [3.63, 3.8) is 0 Å². The van der Waals surface area contributed by atoms with E-state index >= 15 is 0 Å². The fraction of sp³-hybridized carbons (Fsp3) is 0.455.